The van der Waals surface area contributed by atoms with E-state index >= 15 is 0 Å². The number of aromatic nitrogens is 4. The van der Waals surface area contributed by atoms with Crippen LogP contribution in [-0.4, -0.2) is 32.6 Å². The number of halogens is 4. The summed E-state index contributed by atoms with van der Waals surface area (Å²) in [5.41, 5.74) is 0.854. The van der Waals surface area contributed by atoms with Gasteiger partial charge in [-0.2, -0.15) is 18.4 Å². The molecule has 3 aromatic carbocycles. The van der Waals surface area contributed by atoms with E-state index in [4.69, 9.17) is 0 Å². The Kier molecular flexibility index (Phi) is 8.46. The summed E-state index contributed by atoms with van der Waals surface area (Å²) in [5, 5.41) is 17.7. The van der Waals surface area contributed by atoms with Crippen molar-refractivity contribution in [3.8, 4) is 0 Å². The largest absolute Gasteiger partial charge is 0.416 e. The zero-order valence-corrected chi connectivity index (χ0v) is 22.3. The number of alkyl halides is 3. The molecule has 0 atom stereocenters. The summed E-state index contributed by atoms with van der Waals surface area (Å²) in [6.45, 7) is -0.0120. The van der Waals surface area contributed by atoms with Gasteiger partial charge in [-0.05, 0) is 77.6 Å². The minimum absolute atomic E-state index is 0.00502. The van der Waals surface area contributed by atoms with Crippen molar-refractivity contribution in [2.45, 2.75) is 50.7 Å². The summed E-state index contributed by atoms with van der Waals surface area (Å²) in [7, 11) is 0. The fourth-order valence-corrected chi connectivity index (χ4v) is 4.96. The molecular formula is C29H27F4N7O2. The van der Waals surface area contributed by atoms with Crippen LogP contribution in [0.2, 0.25) is 0 Å². The highest BCUT2D eigenvalue weighted by Gasteiger charge is 2.31. The number of hydrogen-bond donors (Lipinski definition) is 3. The fourth-order valence-electron chi connectivity index (χ4n) is 4.96. The molecule has 1 aromatic heterocycles. The second-order valence-corrected chi connectivity index (χ2v) is 10.0. The van der Waals surface area contributed by atoms with Crippen LogP contribution >= 0.6 is 0 Å². The molecule has 3 N–H and O–H groups in total. The number of aromatic amines is 1. The van der Waals surface area contributed by atoms with Gasteiger partial charge in [0.25, 0.3) is 11.9 Å². The highest BCUT2D eigenvalue weighted by molar-refractivity contribution is 6.03. The molecule has 218 valence electrons. The Bertz CT molecular complexity index is 1520. The first-order valence-corrected chi connectivity index (χ1v) is 13.4. The highest BCUT2D eigenvalue weighted by atomic mass is 19.4. The van der Waals surface area contributed by atoms with Gasteiger partial charge in [-0.25, -0.2) is 9.18 Å². The number of urea groups is 1. The van der Waals surface area contributed by atoms with Gasteiger partial charge in [0, 0.05) is 11.3 Å². The Morgan fingerprint density at radius 3 is 2.29 bits per heavy atom. The standard InChI is InChI=1S/C29H27F4N7O2/c30-24-15-12-22(29(31,32)33)16-25(24)34-28(42)40(23-13-10-20(11-14-23)19-4-2-1-3-5-19)17-18-6-8-21(9-7-18)26(41)35-27-36-38-39-37-27/h6-16,19H,1-5,17H2,(H,34,42)(H2,35,36,37,38,39,41). The quantitative estimate of drug-likeness (QED) is 0.206. The summed E-state index contributed by atoms with van der Waals surface area (Å²) in [6.07, 6.45) is 1.00. The molecule has 0 radical (unpaired) electrons. The summed E-state index contributed by atoms with van der Waals surface area (Å²) in [4.78, 5) is 27.2. The lowest BCUT2D eigenvalue weighted by Crippen LogP contribution is -2.35. The van der Waals surface area contributed by atoms with Crippen molar-refractivity contribution in [1.29, 1.82) is 0 Å². The van der Waals surface area contributed by atoms with Crippen molar-refractivity contribution >= 4 is 29.3 Å². The molecule has 0 unspecified atom stereocenters. The van der Waals surface area contributed by atoms with Crippen LogP contribution in [0, 0.1) is 5.82 Å². The molecule has 1 aliphatic rings. The number of hydrogen-bond acceptors (Lipinski definition) is 5. The third-order valence-electron chi connectivity index (χ3n) is 7.19. The number of nitrogens with zero attached hydrogens (tertiary/aromatic N) is 4. The van der Waals surface area contributed by atoms with Gasteiger partial charge < -0.3 is 5.32 Å². The van der Waals surface area contributed by atoms with Gasteiger partial charge in [0.15, 0.2) is 0 Å². The molecule has 1 saturated carbocycles. The van der Waals surface area contributed by atoms with Crippen molar-refractivity contribution in [3.63, 3.8) is 0 Å². The first-order valence-electron chi connectivity index (χ1n) is 13.4. The average Bonchev–Trinajstić information content (AvgIpc) is 3.50. The minimum Gasteiger partial charge on any atom is -0.305 e. The summed E-state index contributed by atoms with van der Waals surface area (Å²) < 4.78 is 54.2. The average molecular weight is 582 g/mol. The van der Waals surface area contributed by atoms with Crippen molar-refractivity contribution in [1.82, 2.24) is 20.6 Å². The molecule has 4 aromatic rings. The summed E-state index contributed by atoms with van der Waals surface area (Å²) >= 11 is 0. The number of H-pyrrole nitrogens is 1. The van der Waals surface area contributed by atoms with E-state index in [9.17, 15) is 27.2 Å². The van der Waals surface area contributed by atoms with Crippen molar-refractivity contribution in [2.24, 2.45) is 0 Å². The van der Waals surface area contributed by atoms with E-state index in [1.54, 1.807) is 36.4 Å². The maximum atomic E-state index is 14.5. The zero-order valence-electron chi connectivity index (χ0n) is 22.3. The second-order valence-electron chi connectivity index (χ2n) is 10.0. The van der Waals surface area contributed by atoms with E-state index in [2.05, 4.69) is 31.3 Å². The Labute approximate surface area is 238 Å². The van der Waals surface area contributed by atoms with Crippen LogP contribution in [0.3, 0.4) is 0 Å². The number of anilines is 3. The number of rotatable bonds is 7. The number of amides is 3. The first kappa shape index (κ1) is 28.7. The number of nitrogens with one attached hydrogen (secondary N) is 3. The predicted octanol–water partition coefficient (Wildman–Crippen LogP) is 6.90. The lowest BCUT2D eigenvalue weighted by atomic mass is 9.84. The number of carbonyl (C=O) groups excluding carboxylic acids is 2. The minimum atomic E-state index is -4.71. The topological polar surface area (TPSA) is 116 Å². The van der Waals surface area contributed by atoms with Gasteiger partial charge in [0.2, 0.25) is 0 Å². The number of benzene rings is 3. The molecule has 0 bridgehead atoms. The summed E-state index contributed by atoms with van der Waals surface area (Å²) in [5.74, 6) is -1.04. The number of tetrazole rings is 1. The Balaban J connectivity index is 1.39. The first-order chi connectivity index (χ1) is 20.2. The molecule has 0 spiro atoms. The summed E-state index contributed by atoms with van der Waals surface area (Å²) in [6, 6.07) is 14.8. The van der Waals surface area contributed by atoms with Gasteiger partial charge in [-0.3, -0.25) is 15.0 Å². The SMILES string of the molecule is O=C(Nc1nn[nH]n1)c1ccc(CN(C(=O)Nc2cc(C(F)(F)F)ccc2F)c2ccc(C3CCCCC3)cc2)cc1. The molecule has 42 heavy (non-hydrogen) atoms. The van der Waals surface area contributed by atoms with Crippen LogP contribution in [0.25, 0.3) is 0 Å². The maximum absolute atomic E-state index is 14.5. The molecule has 0 saturated heterocycles. The van der Waals surface area contributed by atoms with E-state index in [1.165, 1.54) is 11.3 Å². The van der Waals surface area contributed by atoms with E-state index in [-0.39, 0.29) is 12.5 Å². The molecule has 0 aliphatic heterocycles. The van der Waals surface area contributed by atoms with Crippen molar-refractivity contribution in [3.05, 3.63) is 94.8 Å². The van der Waals surface area contributed by atoms with E-state index in [1.807, 2.05) is 12.1 Å². The van der Waals surface area contributed by atoms with Crippen LogP contribution < -0.4 is 15.5 Å². The number of carbonyl (C=O) groups is 2. The van der Waals surface area contributed by atoms with Crippen LogP contribution in [0.15, 0.2) is 66.7 Å². The van der Waals surface area contributed by atoms with Gasteiger partial charge in [-0.1, -0.05) is 48.6 Å². The van der Waals surface area contributed by atoms with Crippen LogP contribution in [0.5, 0.6) is 0 Å². The van der Waals surface area contributed by atoms with Crippen molar-refractivity contribution < 1.29 is 27.2 Å². The molecule has 13 heteroatoms. The van der Waals surface area contributed by atoms with E-state index < -0.39 is 35.2 Å². The molecule has 5 rings (SSSR count). The molecule has 1 heterocycles. The lowest BCUT2D eigenvalue weighted by Gasteiger charge is -2.26. The lowest BCUT2D eigenvalue weighted by molar-refractivity contribution is -0.137. The Morgan fingerprint density at radius 2 is 1.64 bits per heavy atom. The van der Waals surface area contributed by atoms with Crippen LogP contribution in [0.4, 0.5) is 39.7 Å². The highest BCUT2D eigenvalue weighted by Crippen LogP contribution is 2.34. The predicted molar refractivity (Wildman–Crippen MR) is 147 cm³/mol. The van der Waals surface area contributed by atoms with Gasteiger partial charge in [0.1, 0.15) is 5.82 Å². The van der Waals surface area contributed by atoms with Crippen LogP contribution in [0.1, 0.15) is 65.1 Å². The van der Waals surface area contributed by atoms with Gasteiger partial charge >= 0.3 is 12.2 Å². The maximum Gasteiger partial charge on any atom is 0.416 e. The molecule has 1 fully saturated rings. The Hall–Kier alpha value is -4.81. The molecule has 3 amide bonds. The molecule has 1 aliphatic carbocycles. The fraction of sp³-hybridized carbons (Fsp3) is 0.276. The van der Waals surface area contributed by atoms with Crippen molar-refractivity contribution in [2.75, 3.05) is 15.5 Å². The molecule has 9 nitrogen and oxygen atoms in total. The Morgan fingerprint density at radius 1 is 0.929 bits per heavy atom. The van der Waals surface area contributed by atoms with E-state index in [0.29, 0.717) is 40.9 Å². The third-order valence-corrected chi connectivity index (χ3v) is 7.19. The normalized spacial score (nSPS) is 13.9. The third kappa shape index (κ3) is 6.90. The van der Waals surface area contributed by atoms with Crippen LogP contribution in [-0.2, 0) is 12.7 Å². The van der Waals surface area contributed by atoms with Gasteiger partial charge in [-0.15, -0.1) is 5.10 Å². The van der Waals surface area contributed by atoms with E-state index in [0.717, 1.165) is 31.2 Å². The monoisotopic (exact) mass is 581 g/mol. The zero-order chi connectivity index (χ0) is 29.7. The smallest absolute Gasteiger partial charge is 0.305 e. The second kappa shape index (κ2) is 12.4. The van der Waals surface area contributed by atoms with Gasteiger partial charge in [0.05, 0.1) is 17.8 Å². The molecular weight excluding hydrogens is 554 g/mol.